The molecule has 0 bridgehead atoms. The molecule has 7 nitrogen and oxygen atoms in total. The van der Waals surface area contributed by atoms with E-state index in [1.807, 2.05) is 0 Å². The zero-order valence-electron chi connectivity index (χ0n) is 15.5. The van der Waals surface area contributed by atoms with Gasteiger partial charge in [-0.1, -0.05) is 32.1 Å². The molecule has 0 aromatic heterocycles. The fourth-order valence-corrected chi connectivity index (χ4v) is 4.16. The lowest BCUT2D eigenvalue weighted by Gasteiger charge is -2.30. The van der Waals surface area contributed by atoms with Crippen molar-refractivity contribution in [3.05, 3.63) is 0 Å². The van der Waals surface area contributed by atoms with Crippen LogP contribution >= 0.6 is 0 Å². The number of ether oxygens (including phenoxy) is 1. The first-order chi connectivity index (χ1) is 12.5. The maximum atomic E-state index is 12.9. The standard InChI is InChI=1S/C19H31N3O4/c20-18(25)19(6-7-19)21-17(24)15(12-14-4-2-1-3-5-14)13-16(23)22-8-10-26-11-9-22/h14-15H,1-13H2,(H2,20,25)(H,21,24)/t15-/m1/s1. The van der Waals surface area contributed by atoms with Crippen molar-refractivity contribution in [3.63, 3.8) is 0 Å². The molecule has 3 fully saturated rings. The second-order valence-electron chi connectivity index (χ2n) is 8.07. The Morgan fingerprint density at radius 3 is 2.35 bits per heavy atom. The second-order valence-corrected chi connectivity index (χ2v) is 8.07. The van der Waals surface area contributed by atoms with Gasteiger partial charge in [0.25, 0.3) is 0 Å². The van der Waals surface area contributed by atoms with Crippen molar-refractivity contribution >= 4 is 17.7 Å². The highest BCUT2D eigenvalue weighted by molar-refractivity contribution is 5.94. The van der Waals surface area contributed by atoms with Crippen LogP contribution in [0.1, 0.15) is 57.8 Å². The molecular formula is C19H31N3O4. The quantitative estimate of drug-likeness (QED) is 0.701. The molecule has 1 atom stereocenters. The maximum Gasteiger partial charge on any atom is 0.243 e. The molecule has 3 amide bonds. The molecule has 0 unspecified atom stereocenters. The summed E-state index contributed by atoms with van der Waals surface area (Å²) in [6.45, 7) is 2.27. The molecule has 0 radical (unpaired) electrons. The molecule has 3 N–H and O–H groups in total. The molecule has 26 heavy (non-hydrogen) atoms. The van der Waals surface area contributed by atoms with Gasteiger partial charge in [-0.05, 0) is 25.2 Å². The molecule has 3 rings (SSSR count). The minimum atomic E-state index is -0.871. The Labute approximate surface area is 155 Å². The zero-order chi connectivity index (χ0) is 18.6. The van der Waals surface area contributed by atoms with Crippen LogP contribution in [0.15, 0.2) is 0 Å². The van der Waals surface area contributed by atoms with E-state index in [1.54, 1.807) is 4.90 Å². The number of primary amides is 1. The summed E-state index contributed by atoms with van der Waals surface area (Å²) >= 11 is 0. The Kier molecular flexibility index (Phi) is 6.16. The zero-order valence-corrected chi connectivity index (χ0v) is 15.5. The normalized spacial score (nSPS) is 23.9. The number of amides is 3. The number of carbonyl (C=O) groups excluding carboxylic acids is 3. The van der Waals surface area contributed by atoms with Crippen molar-refractivity contribution in [2.24, 2.45) is 17.6 Å². The van der Waals surface area contributed by atoms with Gasteiger partial charge in [0, 0.05) is 25.4 Å². The summed E-state index contributed by atoms with van der Waals surface area (Å²) in [5, 5.41) is 2.86. The molecule has 0 aromatic carbocycles. The van der Waals surface area contributed by atoms with Gasteiger partial charge in [-0.2, -0.15) is 0 Å². The third kappa shape index (κ3) is 4.75. The molecule has 3 aliphatic rings. The summed E-state index contributed by atoms with van der Waals surface area (Å²) in [7, 11) is 0. The van der Waals surface area contributed by atoms with E-state index in [2.05, 4.69) is 5.32 Å². The van der Waals surface area contributed by atoms with E-state index in [9.17, 15) is 14.4 Å². The molecule has 2 saturated carbocycles. The van der Waals surface area contributed by atoms with Gasteiger partial charge in [0.2, 0.25) is 17.7 Å². The number of nitrogens with two attached hydrogens (primary N) is 1. The first-order valence-electron chi connectivity index (χ1n) is 9.98. The van der Waals surface area contributed by atoms with Crippen molar-refractivity contribution in [1.82, 2.24) is 10.2 Å². The highest BCUT2D eigenvalue weighted by atomic mass is 16.5. The van der Waals surface area contributed by atoms with Crippen molar-refractivity contribution in [1.29, 1.82) is 0 Å². The van der Waals surface area contributed by atoms with Crippen molar-refractivity contribution in [3.8, 4) is 0 Å². The molecule has 1 heterocycles. The van der Waals surface area contributed by atoms with Gasteiger partial charge in [0.15, 0.2) is 0 Å². The highest BCUT2D eigenvalue weighted by Gasteiger charge is 2.50. The Bertz CT molecular complexity index is 535. The lowest BCUT2D eigenvalue weighted by molar-refractivity contribution is -0.140. The number of carbonyl (C=O) groups is 3. The topological polar surface area (TPSA) is 102 Å². The van der Waals surface area contributed by atoms with Gasteiger partial charge in [-0.25, -0.2) is 0 Å². The summed E-state index contributed by atoms with van der Waals surface area (Å²) in [4.78, 5) is 39.0. The van der Waals surface area contributed by atoms with E-state index >= 15 is 0 Å². The Balaban J connectivity index is 1.63. The van der Waals surface area contributed by atoms with Crippen LogP contribution < -0.4 is 11.1 Å². The maximum absolute atomic E-state index is 12.9. The van der Waals surface area contributed by atoms with Crippen LogP contribution in [0, 0.1) is 11.8 Å². The van der Waals surface area contributed by atoms with Gasteiger partial charge in [-0.15, -0.1) is 0 Å². The summed E-state index contributed by atoms with van der Waals surface area (Å²) in [6, 6.07) is 0. The van der Waals surface area contributed by atoms with E-state index in [0.717, 1.165) is 19.3 Å². The number of nitrogens with one attached hydrogen (secondary N) is 1. The van der Waals surface area contributed by atoms with Crippen molar-refractivity contribution in [2.75, 3.05) is 26.3 Å². The largest absolute Gasteiger partial charge is 0.378 e. The minimum Gasteiger partial charge on any atom is -0.378 e. The predicted octanol–water partition coefficient (Wildman–Crippen LogP) is 0.956. The predicted molar refractivity (Wildman–Crippen MR) is 96.0 cm³/mol. The van der Waals surface area contributed by atoms with Gasteiger partial charge in [0.05, 0.1) is 13.2 Å². The summed E-state index contributed by atoms with van der Waals surface area (Å²) in [5.41, 5.74) is 4.57. The van der Waals surface area contributed by atoms with Gasteiger partial charge >= 0.3 is 0 Å². The fourth-order valence-electron chi connectivity index (χ4n) is 4.16. The highest BCUT2D eigenvalue weighted by Crippen LogP contribution is 2.36. The summed E-state index contributed by atoms with van der Waals surface area (Å²) in [6.07, 6.45) is 8.01. The number of morpholine rings is 1. The van der Waals surface area contributed by atoms with E-state index in [1.165, 1.54) is 19.3 Å². The number of hydrogen-bond donors (Lipinski definition) is 2. The Morgan fingerprint density at radius 1 is 1.12 bits per heavy atom. The molecule has 1 saturated heterocycles. The Hall–Kier alpha value is -1.63. The molecule has 7 heteroatoms. The third-order valence-corrected chi connectivity index (χ3v) is 6.08. The minimum absolute atomic E-state index is 0.00758. The number of hydrogen-bond acceptors (Lipinski definition) is 4. The number of nitrogens with zero attached hydrogens (tertiary/aromatic N) is 1. The van der Waals surface area contributed by atoms with Crippen LogP contribution in [0.4, 0.5) is 0 Å². The average molecular weight is 365 g/mol. The molecular weight excluding hydrogens is 334 g/mol. The van der Waals surface area contributed by atoms with Crippen LogP contribution in [0.3, 0.4) is 0 Å². The van der Waals surface area contributed by atoms with E-state index in [0.29, 0.717) is 45.1 Å². The second kappa shape index (κ2) is 8.37. The summed E-state index contributed by atoms with van der Waals surface area (Å²) < 4.78 is 5.30. The molecule has 0 aromatic rings. The first-order valence-corrected chi connectivity index (χ1v) is 9.98. The SMILES string of the molecule is NC(=O)C1(NC(=O)[C@@H](CC(=O)N2CCOCC2)CC2CCCCC2)CC1. The first kappa shape index (κ1) is 19.1. The smallest absolute Gasteiger partial charge is 0.243 e. The van der Waals surface area contributed by atoms with Gasteiger partial charge in [-0.3, -0.25) is 14.4 Å². The monoisotopic (exact) mass is 365 g/mol. The third-order valence-electron chi connectivity index (χ3n) is 6.08. The van der Waals surface area contributed by atoms with Crippen LogP contribution in [0.25, 0.3) is 0 Å². The number of rotatable bonds is 7. The van der Waals surface area contributed by atoms with Crippen LogP contribution in [-0.4, -0.2) is 54.5 Å². The van der Waals surface area contributed by atoms with Crippen LogP contribution in [-0.2, 0) is 19.1 Å². The van der Waals surface area contributed by atoms with E-state index in [-0.39, 0.29) is 24.2 Å². The van der Waals surface area contributed by atoms with E-state index < -0.39 is 11.4 Å². The molecule has 146 valence electrons. The fraction of sp³-hybridized carbons (Fsp3) is 0.842. The molecule has 2 aliphatic carbocycles. The lowest BCUT2D eigenvalue weighted by Crippen LogP contribution is -2.50. The van der Waals surface area contributed by atoms with E-state index in [4.69, 9.17) is 10.5 Å². The summed E-state index contributed by atoms with van der Waals surface area (Å²) in [5.74, 6) is -0.547. The lowest BCUT2D eigenvalue weighted by atomic mass is 9.81. The van der Waals surface area contributed by atoms with Crippen molar-refractivity contribution < 1.29 is 19.1 Å². The van der Waals surface area contributed by atoms with Crippen molar-refractivity contribution in [2.45, 2.75) is 63.3 Å². The average Bonchev–Trinajstić information content (AvgIpc) is 3.43. The Morgan fingerprint density at radius 2 is 1.77 bits per heavy atom. The molecule has 1 aliphatic heterocycles. The van der Waals surface area contributed by atoms with Gasteiger partial charge < -0.3 is 20.7 Å². The van der Waals surface area contributed by atoms with Gasteiger partial charge in [0.1, 0.15) is 5.54 Å². The van der Waals surface area contributed by atoms with Crippen LogP contribution in [0.2, 0.25) is 0 Å². The molecule has 0 spiro atoms. The van der Waals surface area contributed by atoms with Crippen LogP contribution in [0.5, 0.6) is 0 Å².